The van der Waals surface area contributed by atoms with Gasteiger partial charge in [0, 0.05) is 11.8 Å². The number of rotatable bonds is 4. The van der Waals surface area contributed by atoms with Gasteiger partial charge in [0.05, 0.1) is 13.2 Å². The summed E-state index contributed by atoms with van der Waals surface area (Å²) < 4.78 is 5.82. The molecular weight excluding hydrogens is 248 g/mol. The summed E-state index contributed by atoms with van der Waals surface area (Å²) in [5, 5.41) is 0. The molecular formula is C17H24OSi. The number of hydrogen-bond acceptors (Lipinski definition) is 1. The van der Waals surface area contributed by atoms with Crippen molar-refractivity contribution in [1.29, 1.82) is 0 Å². The Bertz CT molecular complexity index is 464. The molecule has 1 aromatic carbocycles. The van der Waals surface area contributed by atoms with Gasteiger partial charge in [-0.05, 0) is 11.5 Å². The number of hydrogen-bond donors (Lipinski definition) is 0. The predicted molar refractivity (Wildman–Crippen MR) is 83.4 cm³/mol. The lowest BCUT2D eigenvalue weighted by Crippen LogP contribution is -2.16. The summed E-state index contributed by atoms with van der Waals surface area (Å²) in [5.41, 5.74) is 4.74. The monoisotopic (exact) mass is 272 g/mol. The standard InChI is InChI=1S/C17H24OSi/c1-14-16(10-11-19(2,3)4)17(14)13-18-12-15-8-6-5-7-9-15/h5-9,14,16-17H,12-13H2,1-4H3/t14-,16-,17-/m1/s1. The first kappa shape index (κ1) is 14.4. The first-order valence-electron chi connectivity index (χ1n) is 7.12. The van der Waals surface area contributed by atoms with Gasteiger partial charge in [-0.2, -0.15) is 0 Å². The van der Waals surface area contributed by atoms with Crippen LogP contribution in [0.25, 0.3) is 0 Å². The molecule has 1 aliphatic carbocycles. The molecule has 19 heavy (non-hydrogen) atoms. The highest BCUT2D eigenvalue weighted by atomic mass is 28.3. The Balaban J connectivity index is 1.74. The molecule has 2 heteroatoms. The van der Waals surface area contributed by atoms with Gasteiger partial charge in [0.2, 0.25) is 0 Å². The summed E-state index contributed by atoms with van der Waals surface area (Å²) >= 11 is 0. The zero-order chi connectivity index (χ0) is 13.9. The van der Waals surface area contributed by atoms with Gasteiger partial charge in [-0.15, -0.1) is 11.5 Å². The van der Waals surface area contributed by atoms with E-state index < -0.39 is 8.07 Å². The van der Waals surface area contributed by atoms with Crippen LogP contribution in [0.4, 0.5) is 0 Å². The Labute approximate surface area is 118 Å². The Morgan fingerprint density at radius 2 is 1.84 bits per heavy atom. The van der Waals surface area contributed by atoms with Gasteiger partial charge >= 0.3 is 0 Å². The maximum Gasteiger partial charge on any atom is 0.129 e. The van der Waals surface area contributed by atoms with E-state index in [2.05, 4.69) is 62.3 Å². The van der Waals surface area contributed by atoms with E-state index in [-0.39, 0.29) is 0 Å². The van der Waals surface area contributed by atoms with E-state index in [1.54, 1.807) is 0 Å². The molecule has 1 aromatic rings. The third kappa shape index (κ3) is 4.52. The second-order valence-corrected chi connectivity index (χ2v) is 11.3. The predicted octanol–water partition coefficient (Wildman–Crippen LogP) is 3.97. The fourth-order valence-electron chi connectivity index (χ4n) is 2.23. The lowest BCUT2D eigenvalue weighted by Gasteiger charge is -2.04. The molecule has 102 valence electrons. The van der Waals surface area contributed by atoms with Crippen molar-refractivity contribution >= 4 is 8.07 Å². The van der Waals surface area contributed by atoms with Crippen LogP contribution in [0.1, 0.15) is 12.5 Å². The normalized spacial score (nSPS) is 25.6. The lowest BCUT2D eigenvalue weighted by molar-refractivity contribution is 0.107. The molecule has 0 aliphatic heterocycles. The summed E-state index contributed by atoms with van der Waals surface area (Å²) in [7, 11) is -1.23. The number of ether oxygens (including phenoxy) is 1. The molecule has 1 saturated carbocycles. The van der Waals surface area contributed by atoms with E-state index in [1.165, 1.54) is 5.56 Å². The summed E-state index contributed by atoms with van der Waals surface area (Å²) in [6, 6.07) is 10.4. The van der Waals surface area contributed by atoms with Crippen LogP contribution < -0.4 is 0 Å². The Morgan fingerprint density at radius 1 is 1.16 bits per heavy atom. The van der Waals surface area contributed by atoms with Gasteiger partial charge in [0.25, 0.3) is 0 Å². The topological polar surface area (TPSA) is 9.23 Å². The molecule has 0 N–H and O–H groups in total. The minimum absolute atomic E-state index is 0.572. The molecule has 1 fully saturated rings. The van der Waals surface area contributed by atoms with Gasteiger partial charge in [-0.1, -0.05) is 56.9 Å². The number of benzene rings is 1. The second kappa shape index (κ2) is 5.94. The molecule has 0 unspecified atom stereocenters. The lowest BCUT2D eigenvalue weighted by atomic mass is 10.2. The summed E-state index contributed by atoms with van der Waals surface area (Å²) in [5.74, 6) is 5.40. The van der Waals surface area contributed by atoms with Crippen LogP contribution >= 0.6 is 0 Å². The first-order valence-corrected chi connectivity index (χ1v) is 10.6. The maximum absolute atomic E-state index is 5.82. The van der Waals surface area contributed by atoms with Gasteiger partial charge in [-0.25, -0.2) is 0 Å². The fourth-order valence-corrected chi connectivity index (χ4v) is 2.83. The highest BCUT2D eigenvalue weighted by Crippen LogP contribution is 2.45. The quantitative estimate of drug-likeness (QED) is 0.595. The van der Waals surface area contributed by atoms with Crippen molar-refractivity contribution in [2.45, 2.75) is 33.2 Å². The van der Waals surface area contributed by atoms with Crippen LogP contribution in [0.3, 0.4) is 0 Å². The molecule has 0 aromatic heterocycles. The first-order chi connectivity index (χ1) is 8.97. The van der Waals surface area contributed by atoms with E-state index in [4.69, 9.17) is 4.74 Å². The van der Waals surface area contributed by atoms with Crippen LogP contribution in [-0.2, 0) is 11.3 Å². The van der Waals surface area contributed by atoms with Crippen LogP contribution in [-0.4, -0.2) is 14.7 Å². The van der Waals surface area contributed by atoms with Crippen LogP contribution in [0.15, 0.2) is 30.3 Å². The van der Waals surface area contributed by atoms with Crippen LogP contribution in [0.2, 0.25) is 19.6 Å². The van der Waals surface area contributed by atoms with Crippen molar-refractivity contribution in [2.24, 2.45) is 17.8 Å². The maximum atomic E-state index is 5.82. The van der Waals surface area contributed by atoms with Gasteiger partial charge < -0.3 is 4.74 Å². The smallest absolute Gasteiger partial charge is 0.129 e. The van der Waals surface area contributed by atoms with E-state index >= 15 is 0 Å². The van der Waals surface area contributed by atoms with Crippen molar-refractivity contribution < 1.29 is 4.74 Å². The molecule has 0 radical (unpaired) electrons. The Kier molecular flexibility index (Phi) is 4.49. The summed E-state index contributed by atoms with van der Waals surface area (Å²) in [6.07, 6.45) is 0. The van der Waals surface area contributed by atoms with Crippen molar-refractivity contribution in [1.82, 2.24) is 0 Å². The second-order valence-electron chi connectivity index (χ2n) is 6.57. The SMILES string of the molecule is C[C@@H]1[C@@H](C#C[Si](C)(C)C)[C@@H]1COCc1ccccc1. The van der Waals surface area contributed by atoms with E-state index in [1.807, 2.05) is 6.07 Å². The minimum atomic E-state index is -1.23. The minimum Gasteiger partial charge on any atom is -0.376 e. The van der Waals surface area contributed by atoms with Gasteiger partial charge in [0.15, 0.2) is 0 Å². The molecule has 2 rings (SSSR count). The molecule has 0 amide bonds. The molecule has 0 spiro atoms. The van der Waals surface area contributed by atoms with Crippen molar-refractivity contribution in [3.05, 3.63) is 35.9 Å². The third-order valence-electron chi connectivity index (χ3n) is 3.60. The largest absolute Gasteiger partial charge is 0.376 e. The highest BCUT2D eigenvalue weighted by molar-refractivity contribution is 6.83. The third-order valence-corrected chi connectivity index (χ3v) is 4.49. The van der Waals surface area contributed by atoms with Gasteiger partial charge in [0.1, 0.15) is 8.07 Å². The summed E-state index contributed by atoms with van der Waals surface area (Å²) in [6.45, 7) is 10.8. The average Bonchev–Trinajstić information content (AvgIpc) is 2.97. The molecule has 0 heterocycles. The highest BCUT2D eigenvalue weighted by Gasteiger charge is 2.45. The van der Waals surface area contributed by atoms with E-state index in [0.29, 0.717) is 17.8 Å². The molecule has 1 aliphatic rings. The average molecular weight is 272 g/mol. The van der Waals surface area contributed by atoms with Crippen molar-refractivity contribution in [3.63, 3.8) is 0 Å². The van der Waals surface area contributed by atoms with Gasteiger partial charge in [-0.3, -0.25) is 0 Å². The molecule has 1 nitrogen and oxygen atoms in total. The molecule has 0 saturated heterocycles. The van der Waals surface area contributed by atoms with Crippen molar-refractivity contribution in [2.75, 3.05) is 6.61 Å². The van der Waals surface area contributed by atoms with E-state index in [9.17, 15) is 0 Å². The zero-order valence-corrected chi connectivity index (χ0v) is 13.4. The molecule has 3 atom stereocenters. The zero-order valence-electron chi connectivity index (χ0n) is 12.4. The fraction of sp³-hybridized carbons (Fsp3) is 0.529. The van der Waals surface area contributed by atoms with Crippen molar-refractivity contribution in [3.8, 4) is 11.5 Å². The van der Waals surface area contributed by atoms with E-state index in [0.717, 1.165) is 13.2 Å². The molecule has 0 bridgehead atoms. The Morgan fingerprint density at radius 3 is 2.47 bits per heavy atom. The van der Waals surface area contributed by atoms with Crippen LogP contribution in [0.5, 0.6) is 0 Å². The Hall–Kier alpha value is -1.04. The summed E-state index contributed by atoms with van der Waals surface area (Å²) in [4.78, 5) is 0. The van der Waals surface area contributed by atoms with Crippen LogP contribution in [0, 0.1) is 29.2 Å².